The summed E-state index contributed by atoms with van der Waals surface area (Å²) >= 11 is 0. The highest BCUT2D eigenvalue weighted by Gasteiger charge is 2.35. The molecule has 2 aromatic carbocycles. The van der Waals surface area contributed by atoms with E-state index in [0.717, 1.165) is 24.2 Å². The van der Waals surface area contributed by atoms with Crippen molar-refractivity contribution in [2.75, 3.05) is 0 Å². The van der Waals surface area contributed by atoms with Gasteiger partial charge in [-0.2, -0.15) is 0 Å². The second-order valence-electron chi connectivity index (χ2n) is 7.16. The highest BCUT2D eigenvalue weighted by molar-refractivity contribution is 5.83. The van der Waals surface area contributed by atoms with Crippen molar-refractivity contribution in [2.24, 2.45) is 0 Å². The summed E-state index contributed by atoms with van der Waals surface area (Å²) in [6.07, 6.45) is 6.26. The topological polar surface area (TPSA) is 29.5 Å². The Hall–Kier alpha value is -2.29. The van der Waals surface area contributed by atoms with E-state index in [-0.39, 0.29) is 12.0 Å². The summed E-state index contributed by atoms with van der Waals surface area (Å²) in [7, 11) is 0. The number of hydrogen-bond donors (Lipinski definition) is 0. The zero-order chi connectivity index (χ0) is 17.1. The summed E-state index contributed by atoms with van der Waals surface area (Å²) in [4.78, 5) is 15.4. The summed E-state index contributed by atoms with van der Waals surface area (Å²) in [6, 6.07) is 18.7. The highest BCUT2D eigenvalue weighted by atomic mass is 16.5. The van der Waals surface area contributed by atoms with E-state index in [1.807, 2.05) is 36.4 Å². The molecule has 0 aromatic heterocycles. The average Bonchev–Trinajstić information content (AvgIpc) is 3.11. The average molecular weight is 335 g/mol. The summed E-state index contributed by atoms with van der Waals surface area (Å²) < 4.78 is 5.99. The lowest BCUT2D eigenvalue weighted by Crippen LogP contribution is -2.47. The number of hydrogen-bond acceptors (Lipinski definition) is 2. The van der Waals surface area contributed by atoms with Crippen LogP contribution in [0.4, 0.5) is 0 Å². The molecule has 3 nitrogen and oxygen atoms in total. The van der Waals surface area contributed by atoms with E-state index in [1.165, 1.54) is 24.8 Å². The quantitative estimate of drug-likeness (QED) is 0.831. The van der Waals surface area contributed by atoms with Gasteiger partial charge in [-0.1, -0.05) is 67.8 Å². The van der Waals surface area contributed by atoms with Crippen molar-refractivity contribution >= 4 is 5.91 Å². The lowest BCUT2D eigenvalue weighted by atomic mass is 9.93. The molecule has 1 heterocycles. The third kappa shape index (κ3) is 3.55. The first-order valence-corrected chi connectivity index (χ1v) is 9.40. The Balaban J connectivity index is 1.54. The predicted octanol–water partition coefficient (Wildman–Crippen LogP) is 4.35. The number of carbonyl (C=O) groups excluding carboxylic acids is 1. The molecule has 1 amide bonds. The molecular formula is C22H25NO2. The molecule has 1 fully saturated rings. The van der Waals surface area contributed by atoms with Crippen molar-refractivity contribution in [3.8, 4) is 5.75 Å². The lowest BCUT2D eigenvalue weighted by molar-refractivity contribution is -0.141. The van der Waals surface area contributed by atoms with Gasteiger partial charge in [0.05, 0.1) is 0 Å². The van der Waals surface area contributed by atoms with Crippen LogP contribution in [-0.2, 0) is 17.8 Å². The minimum atomic E-state index is -0.372. The molecule has 2 aliphatic rings. The number of amides is 1. The SMILES string of the molecule is O=C(C1Cc2ccccc2O1)N(Cc1ccccc1)C1CCCCC1. The van der Waals surface area contributed by atoms with E-state index in [2.05, 4.69) is 23.1 Å². The van der Waals surface area contributed by atoms with Crippen LogP contribution in [0.25, 0.3) is 0 Å². The minimum Gasteiger partial charge on any atom is -0.480 e. The molecule has 1 aliphatic carbocycles. The number of fused-ring (bicyclic) bond motifs is 1. The predicted molar refractivity (Wildman–Crippen MR) is 98.4 cm³/mol. The molecule has 1 saturated carbocycles. The zero-order valence-corrected chi connectivity index (χ0v) is 14.6. The molecule has 25 heavy (non-hydrogen) atoms. The monoisotopic (exact) mass is 335 g/mol. The van der Waals surface area contributed by atoms with Gasteiger partial charge < -0.3 is 9.64 Å². The third-order valence-corrected chi connectivity index (χ3v) is 5.42. The Morgan fingerprint density at radius 2 is 1.68 bits per heavy atom. The number of carbonyl (C=O) groups is 1. The first-order chi connectivity index (χ1) is 12.3. The van der Waals surface area contributed by atoms with Crippen molar-refractivity contribution in [3.05, 3.63) is 65.7 Å². The van der Waals surface area contributed by atoms with Crippen LogP contribution in [-0.4, -0.2) is 23.0 Å². The van der Waals surface area contributed by atoms with Crippen LogP contribution in [0.5, 0.6) is 5.75 Å². The van der Waals surface area contributed by atoms with Gasteiger partial charge in [0.2, 0.25) is 0 Å². The first-order valence-electron chi connectivity index (χ1n) is 9.40. The van der Waals surface area contributed by atoms with E-state index in [4.69, 9.17) is 4.74 Å². The molecular weight excluding hydrogens is 310 g/mol. The Morgan fingerprint density at radius 3 is 2.44 bits per heavy atom. The van der Waals surface area contributed by atoms with Crippen molar-refractivity contribution in [3.63, 3.8) is 0 Å². The molecule has 130 valence electrons. The molecule has 0 radical (unpaired) electrons. The van der Waals surface area contributed by atoms with Gasteiger partial charge >= 0.3 is 0 Å². The molecule has 1 aliphatic heterocycles. The molecule has 0 bridgehead atoms. The van der Waals surface area contributed by atoms with Crippen molar-refractivity contribution in [1.82, 2.24) is 4.90 Å². The van der Waals surface area contributed by atoms with Crippen molar-refractivity contribution < 1.29 is 9.53 Å². The van der Waals surface area contributed by atoms with E-state index < -0.39 is 0 Å². The number of para-hydroxylation sites is 1. The Bertz CT molecular complexity index is 697. The van der Waals surface area contributed by atoms with Crippen LogP contribution in [0, 0.1) is 0 Å². The molecule has 0 spiro atoms. The smallest absolute Gasteiger partial charge is 0.264 e. The fourth-order valence-electron chi connectivity index (χ4n) is 4.06. The van der Waals surface area contributed by atoms with Crippen molar-refractivity contribution in [2.45, 2.75) is 57.2 Å². The van der Waals surface area contributed by atoms with Gasteiger partial charge in [-0.3, -0.25) is 4.79 Å². The number of benzene rings is 2. The number of ether oxygens (including phenoxy) is 1. The van der Waals surface area contributed by atoms with Gasteiger partial charge in [0, 0.05) is 19.0 Å². The van der Waals surface area contributed by atoms with Gasteiger partial charge in [-0.25, -0.2) is 0 Å². The van der Waals surface area contributed by atoms with Gasteiger partial charge in [-0.15, -0.1) is 0 Å². The molecule has 0 saturated heterocycles. The van der Waals surface area contributed by atoms with Crippen LogP contribution < -0.4 is 4.74 Å². The fourth-order valence-corrected chi connectivity index (χ4v) is 4.06. The Morgan fingerprint density at radius 1 is 0.960 bits per heavy atom. The van der Waals surface area contributed by atoms with Crippen LogP contribution in [0.3, 0.4) is 0 Å². The van der Waals surface area contributed by atoms with Gasteiger partial charge in [0.25, 0.3) is 5.91 Å². The molecule has 4 rings (SSSR count). The summed E-state index contributed by atoms with van der Waals surface area (Å²) in [5.41, 5.74) is 2.33. The van der Waals surface area contributed by atoms with Crippen LogP contribution in [0.2, 0.25) is 0 Å². The zero-order valence-electron chi connectivity index (χ0n) is 14.6. The fraction of sp³-hybridized carbons (Fsp3) is 0.409. The van der Waals surface area contributed by atoms with E-state index in [0.29, 0.717) is 19.0 Å². The summed E-state index contributed by atoms with van der Waals surface area (Å²) in [5, 5.41) is 0. The maximum absolute atomic E-state index is 13.3. The molecule has 1 unspecified atom stereocenters. The first kappa shape index (κ1) is 16.2. The van der Waals surface area contributed by atoms with E-state index in [9.17, 15) is 4.79 Å². The lowest BCUT2D eigenvalue weighted by Gasteiger charge is -2.35. The van der Waals surface area contributed by atoms with Crippen molar-refractivity contribution in [1.29, 1.82) is 0 Å². The Labute approximate surface area is 149 Å². The third-order valence-electron chi connectivity index (χ3n) is 5.42. The molecule has 1 atom stereocenters. The highest BCUT2D eigenvalue weighted by Crippen LogP contribution is 2.31. The van der Waals surface area contributed by atoms with Gasteiger partial charge in [0.1, 0.15) is 5.75 Å². The van der Waals surface area contributed by atoms with Crippen LogP contribution >= 0.6 is 0 Å². The van der Waals surface area contributed by atoms with Gasteiger partial charge in [0.15, 0.2) is 6.10 Å². The normalized spacial score (nSPS) is 19.9. The molecule has 2 aromatic rings. The largest absolute Gasteiger partial charge is 0.480 e. The summed E-state index contributed by atoms with van der Waals surface area (Å²) in [6.45, 7) is 0.681. The number of nitrogens with zero attached hydrogens (tertiary/aromatic N) is 1. The minimum absolute atomic E-state index is 0.145. The summed E-state index contributed by atoms with van der Waals surface area (Å²) in [5.74, 6) is 1.01. The van der Waals surface area contributed by atoms with E-state index in [1.54, 1.807) is 0 Å². The Kier molecular flexibility index (Phi) is 4.73. The molecule has 0 N–H and O–H groups in total. The van der Waals surface area contributed by atoms with Crippen LogP contribution in [0.15, 0.2) is 54.6 Å². The molecule has 3 heteroatoms. The standard InChI is InChI=1S/C22H25NO2/c24-22(21-15-18-11-7-8-14-20(18)25-21)23(19-12-5-2-6-13-19)16-17-9-3-1-4-10-17/h1,3-4,7-11,14,19,21H,2,5-6,12-13,15-16H2. The second kappa shape index (κ2) is 7.30. The van der Waals surface area contributed by atoms with Gasteiger partial charge in [-0.05, 0) is 30.0 Å². The van der Waals surface area contributed by atoms with Crippen LogP contribution in [0.1, 0.15) is 43.2 Å². The number of rotatable bonds is 4. The second-order valence-corrected chi connectivity index (χ2v) is 7.16. The van der Waals surface area contributed by atoms with E-state index >= 15 is 0 Å². The maximum Gasteiger partial charge on any atom is 0.264 e. The maximum atomic E-state index is 13.3.